The minimum absolute atomic E-state index is 0.145. The van der Waals surface area contributed by atoms with Gasteiger partial charge in [0.15, 0.2) is 0 Å². The molecule has 0 aromatic rings. The molecule has 0 saturated carbocycles. The van der Waals surface area contributed by atoms with E-state index in [1.54, 1.807) is 0 Å². The van der Waals surface area contributed by atoms with Gasteiger partial charge in [0.1, 0.15) is 5.78 Å². The lowest BCUT2D eigenvalue weighted by Gasteiger charge is -2.09. The predicted molar refractivity (Wildman–Crippen MR) is 56.5 cm³/mol. The van der Waals surface area contributed by atoms with Crippen molar-refractivity contribution >= 4 is 5.78 Å². The molecular formula is C11H21NO. The average molecular weight is 183 g/mol. The number of hydrogen-bond acceptors (Lipinski definition) is 2. The highest BCUT2D eigenvalue weighted by molar-refractivity contribution is 5.82. The lowest BCUT2D eigenvalue weighted by atomic mass is 9.95. The molecule has 0 amide bonds. The van der Waals surface area contributed by atoms with Crippen molar-refractivity contribution in [3.05, 3.63) is 12.2 Å². The number of carbonyl (C=O) groups is 1. The van der Waals surface area contributed by atoms with E-state index in [4.69, 9.17) is 5.73 Å². The van der Waals surface area contributed by atoms with Crippen molar-refractivity contribution in [2.75, 3.05) is 6.54 Å². The van der Waals surface area contributed by atoms with Crippen LogP contribution >= 0.6 is 0 Å². The number of allylic oxidation sites excluding steroid dienone is 1. The minimum Gasteiger partial charge on any atom is -0.330 e. The molecule has 0 spiro atoms. The molecule has 2 N–H and O–H groups in total. The van der Waals surface area contributed by atoms with Gasteiger partial charge in [-0.2, -0.15) is 0 Å². The van der Waals surface area contributed by atoms with E-state index < -0.39 is 0 Å². The fourth-order valence-corrected chi connectivity index (χ4v) is 1.13. The first-order valence-electron chi connectivity index (χ1n) is 5.01. The van der Waals surface area contributed by atoms with E-state index >= 15 is 0 Å². The fraction of sp³-hybridized carbons (Fsp3) is 0.727. The van der Waals surface area contributed by atoms with Gasteiger partial charge in [-0.1, -0.05) is 26.0 Å². The van der Waals surface area contributed by atoms with Gasteiger partial charge in [0.2, 0.25) is 0 Å². The van der Waals surface area contributed by atoms with Crippen molar-refractivity contribution in [1.29, 1.82) is 0 Å². The van der Waals surface area contributed by atoms with Gasteiger partial charge < -0.3 is 5.73 Å². The first-order chi connectivity index (χ1) is 6.11. The lowest BCUT2D eigenvalue weighted by molar-refractivity contribution is -0.121. The zero-order chi connectivity index (χ0) is 10.3. The van der Waals surface area contributed by atoms with Gasteiger partial charge in [-0.3, -0.25) is 4.79 Å². The largest absolute Gasteiger partial charge is 0.330 e. The quantitative estimate of drug-likeness (QED) is 0.615. The number of Topliss-reactive ketones (excluding diaryl/α,β-unsaturated/α-hetero) is 1. The standard InChI is InChI=1S/C11H21NO/c1-4-9(2)8-11(13)10(3)6-5-7-12/h10H,2,4-8,12H2,1,3H3. The smallest absolute Gasteiger partial charge is 0.139 e. The maximum atomic E-state index is 11.5. The minimum atomic E-state index is 0.145. The van der Waals surface area contributed by atoms with Crippen molar-refractivity contribution in [3.8, 4) is 0 Å². The van der Waals surface area contributed by atoms with Crippen LogP contribution in [0, 0.1) is 5.92 Å². The predicted octanol–water partition coefficient (Wildman–Crippen LogP) is 2.29. The van der Waals surface area contributed by atoms with E-state index in [9.17, 15) is 4.79 Å². The van der Waals surface area contributed by atoms with Crippen LogP contribution in [0.3, 0.4) is 0 Å². The highest BCUT2D eigenvalue weighted by Gasteiger charge is 2.12. The van der Waals surface area contributed by atoms with Crippen molar-refractivity contribution in [1.82, 2.24) is 0 Å². The Hall–Kier alpha value is -0.630. The molecule has 0 aromatic carbocycles. The molecule has 76 valence electrons. The Morgan fingerprint density at radius 1 is 1.54 bits per heavy atom. The second-order valence-electron chi connectivity index (χ2n) is 3.58. The molecule has 0 saturated heterocycles. The van der Waals surface area contributed by atoms with Gasteiger partial charge in [-0.15, -0.1) is 0 Å². The number of ketones is 1. The maximum Gasteiger partial charge on any atom is 0.139 e. The summed E-state index contributed by atoms with van der Waals surface area (Å²) in [5.74, 6) is 0.451. The van der Waals surface area contributed by atoms with Gasteiger partial charge >= 0.3 is 0 Å². The number of rotatable bonds is 7. The fourth-order valence-electron chi connectivity index (χ4n) is 1.13. The zero-order valence-electron chi connectivity index (χ0n) is 8.81. The van der Waals surface area contributed by atoms with Crippen LogP contribution in [-0.2, 0) is 4.79 Å². The Balaban J connectivity index is 3.75. The molecule has 0 aromatic heterocycles. The molecule has 13 heavy (non-hydrogen) atoms. The first kappa shape index (κ1) is 12.4. The highest BCUT2D eigenvalue weighted by atomic mass is 16.1. The van der Waals surface area contributed by atoms with Crippen molar-refractivity contribution in [2.24, 2.45) is 11.7 Å². The summed E-state index contributed by atoms with van der Waals surface area (Å²) >= 11 is 0. The van der Waals surface area contributed by atoms with Crippen molar-refractivity contribution < 1.29 is 4.79 Å². The molecule has 0 fully saturated rings. The molecule has 2 nitrogen and oxygen atoms in total. The molecule has 0 rings (SSSR count). The maximum absolute atomic E-state index is 11.5. The number of hydrogen-bond donors (Lipinski definition) is 1. The van der Waals surface area contributed by atoms with Gasteiger partial charge in [-0.05, 0) is 25.8 Å². The van der Waals surface area contributed by atoms with E-state index in [1.165, 1.54) is 0 Å². The lowest BCUT2D eigenvalue weighted by Crippen LogP contribution is -2.13. The Kier molecular flexibility index (Phi) is 6.51. The highest BCUT2D eigenvalue weighted by Crippen LogP contribution is 2.13. The van der Waals surface area contributed by atoms with Crippen LogP contribution in [0.5, 0.6) is 0 Å². The normalized spacial score (nSPS) is 12.5. The molecule has 0 radical (unpaired) electrons. The molecular weight excluding hydrogens is 162 g/mol. The molecule has 0 aliphatic rings. The van der Waals surface area contributed by atoms with Gasteiger partial charge in [0.25, 0.3) is 0 Å². The second kappa shape index (κ2) is 6.84. The Bertz CT molecular complexity index is 175. The number of carbonyl (C=O) groups excluding carboxylic acids is 1. The van der Waals surface area contributed by atoms with Gasteiger partial charge in [-0.25, -0.2) is 0 Å². The summed E-state index contributed by atoms with van der Waals surface area (Å²) in [5, 5.41) is 0. The Morgan fingerprint density at radius 3 is 2.62 bits per heavy atom. The van der Waals surface area contributed by atoms with Crippen LogP contribution in [0.4, 0.5) is 0 Å². The molecule has 1 unspecified atom stereocenters. The average Bonchev–Trinajstić information content (AvgIpc) is 2.13. The van der Waals surface area contributed by atoms with Crippen LogP contribution in [0.2, 0.25) is 0 Å². The monoisotopic (exact) mass is 183 g/mol. The summed E-state index contributed by atoms with van der Waals surface area (Å²) in [5.41, 5.74) is 6.41. The van der Waals surface area contributed by atoms with Crippen LogP contribution in [0.1, 0.15) is 39.5 Å². The molecule has 0 heterocycles. The number of nitrogens with two attached hydrogens (primary N) is 1. The summed E-state index contributed by atoms with van der Waals surface area (Å²) < 4.78 is 0. The molecule has 0 bridgehead atoms. The van der Waals surface area contributed by atoms with E-state index in [0.29, 0.717) is 18.7 Å². The first-order valence-corrected chi connectivity index (χ1v) is 5.01. The van der Waals surface area contributed by atoms with E-state index in [0.717, 1.165) is 24.8 Å². The van der Waals surface area contributed by atoms with Crippen LogP contribution in [0.15, 0.2) is 12.2 Å². The third kappa shape index (κ3) is 5.58. The van der Waals surface area contributed by atoms with Crippen LogP contribution in [-0.4, -0.2) is 12.3 Å². The van der Waals surface area contributed by atoms with Crippen molar-refractivity contribution in [3.63, 3.8) is 0 Å². The van der Waals surface area contributed by atoms with E-state index in [2.05, 4.69) is 6.58 Å². The summed E-state index contributed by atoms with van der Waals surface area (Å²) in [6, 6.07) is 0. The van der Waals surface area contributed by atoms with Gasteiger partial charge in [0, 0.05) is 12.3 Å². The third-order valence-corrected chi connectivity index (χ3v) is 2.32. The van der Waals surface area contributed by atoms with Crippen LogP contribution < -0.4 is 5.73 Å². The molecule has 2 heteroatoms. The van der Waals surface area contributed by atoms with E-state index in [-0.39, 0.29) is 5.92 Å². The Labute approximate surface area is 81.2 Å². The van der Waals surface area contributed by atoms with Crippen molar-refractivity contribution in [2.45, 2.75) is 39.5 Å². The third-order valence-electron chi connectivity index (χ3n) is 2.32. The van der Waals surface area contributed by atoms with Gasteiger partial charge in [0.05, 0.1) is 0 Å². The molecule has 1 atom stereocenters. The summed E-state index contributed by atoms with van der Waals surface area (Å²) in [6.45, 7) is 8.50. The van der Waals surface area contributed by atoms with Crippen LogP contribution in [0.25, 0.3) is 0 Å². The summed E-state index contributed by atoms with van der Waals surface area (Å²) in [7, 11) is 0. The summed E-state index contributed by atoms with van der Waals surface area (Å²) in [4.78, 5) is 11.5. The zero-order valence-corrected chi connectivity index (χ0v) is 8.81. The Morgan fingerprint density at radius 2 is 2.15 bits per heavy atom. The molecule has 0 aliphatic carbocycles. The van der Waals surface area contributed by atoms with E-state index in [1.807, 2.05) is 13.8 Å². The molecule has 0 aliphatic heterocycles. The SMILES string of the molecule is C=C(CC)CC(=O)C(C)CCCN. The second-order valence-corrected chi connectivity index (χ2v) is 3.58. The topological polar surface area (TPSA) is 43.1 Å². The summed E-state index contributed by atoms with van der Waals surface area (Å²) in [6.07, 6.45) is 3.29.